The summed E-state index contributed by atoms with van der Waals surface area (Å²) in [6.45, 7) is 0. The highest BCUT2D eigenvalue weighted by Crippen LogP contribution is 2.31. The van der Waals surface area contributed by atoms with Crippen molar-refractivity contribution < 1.29 is 13.2 Å². The average Bonchev–Trinajstić information content (AvgIpc) is 2.50. The van der Waals surface area contributed by atoms with Crippen LogP contribution in [0.3, 0.4) is 0 Å². The first-order valence-electron chi connectivity index (χ1n) is 4.83. The van der Waals surface area contributed by atoms with Crippen molar-refractivity contribution in [3.05, 3.63) is 23.8 Å². The highest BCUT2D eigenvalue weighted by atomic mass is 19.4. The van der Waals surface area contributed by atoms with E-state index in [1.54, 1.807) is 19.1 Å². The van der Waals surface area contributed by atoms with Crippen molar-refractivity contribution in [2.75, 3.05) is 24.8 Å². The van der Waals surface area contributed by atoms with Gasteiger partial charge in [0.1, 0.15) is 0 Å². The molecule has 0 radical (unpaired) electrons. The third-order valence-electron chi connectivity index (χ3n) is 2.38. The van der Waals surface area contributed by atoms with E-state index >= 15 is 0 Å². The Hall–Kier alpha value is -1.92. The standard InChI is InChI=1S/C10H11F3N4/c1-16(2)17-8-4-3-6(10(11,12)13)5-7(8)15-9(17)14/h3-5H,1-2H3,(H2,14,15). The Labute approximate surface area is 95.4 Å². The Morgan fingerprint density at radius 2 is 1.94 bits per heavy atom. The zero-order chi connectivity index (χ0) is 12.8. The fourth-order valence-corrected chi connectivity index (χ4v) is 1.68. The number of hydrogen-bond donors (Lipinski definition) is 1. The number of fused-ring (bicyclic) bond motifs is 1. The van der Waals surface area contributed by atoms with Crippen LogP contribution >= 0.6 is 0 Å². The van der Waals surface area contributed by atoms with Crippen LogP contribution in [0.4, 0.5) is 19.1 Å². The van der Waals surface area contributed by atoms with Crippen molar-refractivity contribution in [3.63, 3.8) is 0 Å². The summed E-state index contributed by atoms with van der Waals surface area (Å²) in [5.74, 6) is 0.157. The first kappa shape index (κ1) is 11.6. The first-order valence-corrected chi connectivity index (χ1v) is 4.83. The monoisotopic (exact) mass is 244 g/mol. The van der Waals surface area contributed by atoms with E-state index in [0.717, 1.165) is 12.1 Å². The van der Waals surface area contributed by atoms with Gasteiger partial charge in [0.15, 0.2) is 0 Å². The van der Waals surface area contributed by atoms with Gasteiger partial charge in [-0.25, -0.2) is 9.66 Å². The number of rotatable bonds is 1. The third kappa shape index (κ3) is 1.88. The zero-order valence-corrected chi connectivity index (χ0v) is 9.28. The molecule has 1 aromatic carbocycles. The summed E-state index contributed by atoms with van der Waals surface area (Å²) >= 11 is 0. The van der Waals surface area contributed by atoms with E-state index in [2.05, 4.69) is 4.98 Å². The second-order valence-corrected chi connectivity index (χ2v) is 3.83. The smallest absolute Gasteiger partial charge is 0.368 e. The van der Waals surface area contributed by atoms with Crippen LogP contribution in [0.2, 0.25) is 0 Å². The molecule has 2 aromatic rings. The average molecular weight is 244 g/mol. The van der Waals surface area contributed by atoms with Crippen LogP contribution in [0, 0.1) is 0 Å². The molecule has 1 heterocycles. The zero-order valence-electron chi connectivity index (χ0n) is 9.28. The molecule has 0 atom stereocenters. The number of nitrogens with zero attached hydrogens (tertiary/aromatic N) is 3. The van der Waals surface area contributed by atoms with Crippen molar-refractivity contribution in [1.82, 2.24) is 9.66 Å². The molecule has 0 spiro atoms. The second kappa shape index (κ2) is 3.54. The van der Waals surface area contributed by atoms with E-state index in [4.69, 9.17) is 5.73 Å². The number of nitrogens with two attached hydrogens (primary N) is 1. The molecule has 1 aromatic heterocycles. The van der Waals surface area contributed by atoms with Crippen LogP contribution in [-0.2, 0) is 6.18 Å². The van der Waals surface area contributed by atoms with Gasteiger partial charge in [0.25, 0.3) is 0 Å². The van der Waals surface area contributed by atoms with Crippen LogP contribution in [0.1, 0.15) is 5.56 Å². The van der Waals surface area contributed by atoms with Crippen molar-refractivity contribution in [2.24, 2.45) is 0 Å². The summed E-state index contributed by atoms with van der Waals surface area (Å²) in [5, 5.41) is 1.65. The number of alkyl halides is 3. The molecule has 7 heteroatoms. The summed E-state index contributed by atoms with van der Waals surface area (Å²) in [6.07, 6.45) is -4.37. The molecule has 4 nitrogen and oxygen atoms in total. The Morgan fingerprint density at radius 1 is 1.29 bits per heavy atom. The molecular formula is C10H11F3N4. The lowest BCUT2D eigenvalue weighted by Gasteiger charge is -2.16. The number of nitrogen functional groups attached to an aromatic ring is 1. The van der Waals surface area contributed by atoms with Crippen LogP contribution in [0.5, 0.6) is 0 Å². The Kier molecular flexibility index (Phi) is 2.41. The Bertz CT molecular complexity index is 556. The van der Waals surface area contributed by atoms with Gasteiger partial charge in [0.2, 0.25) is 5.95 Å². The van der Waals surface area contributed by atoms with E-state index in [9.17, 15) is 13.2 Å². The van der Waals surface area contributed by atoms with Gasteiger partial charge in [-0.3, -0.25) is 0 Å². The molecule has 0 aliphatic heterocycles. The molecule has 0 saturated carbocycles. The first-order chi connectivity index (χ1) is 7.80. The number of anilines is 1. The molecule has 0 amide bonds. The van der Waals surface area contributed by atoms with Gasteiger partial charge in [0.05, 0.1) is 16.6 Å². The minimum Gasteiger partial charge on any atom is -0.368 e. The maximum Gasteiger partial charge on any atom is 0.416 e. The van der Waals surface area contributed by atoms with Gasteiger partial charge in [-0.15, -0.1) is 0 Å². The lowest BCUT2D eigenvalue weighted by molar-refractivity contribution is -0.137. The normalized spacial score (nSPS) is 12.1. The number of aromatic nitrogens is 2. The predicted octanol–water partition coefficient (Wildman–Crippen LogP) is 1.83. The van der Waals surface area contributed by atoms with Gasteiger partial charge in [-0.05, 0) is 18.2 Å². The number of imidazole rings is 1. The van der Waals surface area contributed by atoms with E-state index in [0.29, 0.717) is 5.52 Å². The molecule has 0 unspecified atom stereocenters. The summed E-state index contributed by atoms with van der Waals surface area (Å²) in [7, 11) is 3.46. The topological polar surface area (TPSA) is 47.1 Å². The van der Waals surface area contributed by atoms with Crippen LogP contribution < -0.4 is 10.7 Å². The largest absolute Gasteiger partial charge is 0.416 e. The van der Waals surface area contributed by atoms with Crippen LogP contribution in [-0.4, -0.2) is 23.8 Å². The minimum absolute atomic E-state index is 0.157. The Morgan fingerprint density at radius 3 is 2.47 bits per heavy atom. The number of hydrogen-bond acceptors (Lipinski definition) is 3. The van der Waals surface area contributed by atoms with E-state index < -0.39 is 11.7 Å². The molecule has 2 rings (SSSR count). The minimum atomic E-state index is -4.37. The second-order valence-electron chi connectivity index (χ2n) is 3.83. The van der Waals surface area contributed by atoms with Gasteiger partial charge >= 0.3 is 6.18 Å². The summed E-state index contributed by atoms with van der Waals surface area (Å²) in [6, 6.07) is 3.37. The third-order valence-corrected chi connectivity index (χ3v) is 2.38. The predicted molar refractivity (Wildman–Crippen MR) is 59.2 cm³/mol. The molecule has 0 bridgehead atoms. The molecule has 0 aliphatic rings. The van der Waals surface area contributed by atoms with Gasteiger partial charge in [-0.2, -0.15) is 13.2 Å². The molecule has 17 heavy (non-hydrogen) atoms. The highest BCUT2D eigenvalue weighted by molar-refractivity contribution is 5.79. The SMILES string of the molecule is CN(C)n1c(N)nc2cc(C(F)(F)F)ccc21. The molecule has 92 valence electrons. The number of halogens is 3. The van der Waals surface area contributed by atoms with Gasteiger partial charge < -0.3 is 10.7 Å². The van der Waals surface area contributed by atoms with Crippen molar-refractivity contribution in [1.29, 1.82) is 0 Å². The van der Waals surface area contributed by atoms with Crippen molar-refractivity contribution >= 4 is 17.0 Å². The fourth-order valence-electron chi connectivity index (χ4n) is 1.68. The van der Waals surface area contributed by atoms with E-state index in [1.807, 2.05) is 0 Å². The molecule has 0 aliphatic carbocycles. The highest BCUT2D eigenvalue weighted by Gasteiger charge is 2.31. The van der Waals surface area contributed by atoms with Crippen LogP contribution in [0.25, 0.3) is 11.0 Å². The lowest BCUT2D eigenvalue weighted by atomic mass is 10.2. The maximum atomic E-state index is 12.5. The quantitative estimate of drug-likeness (QED) is 0.832. The number of benzene rings is 1. The molecular weight excluding hydrogens is 233 g/mol. The Balaban J connectivity index is 2.66. The maximum absolute atomic E-state index is 12.5. The van der Waals surface area contributed by atoms with Gasteiger partial charge in [-0.1, -0.05) is 0 Å². The van der Waals surface area contributed by atoms with Crippen molar-refractivity contribution in [3.8, 4) is 0 Å². The lowest BCUT2D eigenvalue weighted by Crippen LogP contribution is -2.26. The summed E-state index contributed by atoms with van der Waals surface area (Å²) < 4.78 is 39.1. The fraction of sp³-hybridized carbons (Fsp3) is 0.300. The van der Waals surface area contributed by atoms with Crippen LogP contribution in [0.15, 0.2) is 18.2 Å². The molecule has 0 saturated heterocycles. The van der Waals surface area contributed by atoms with E-state index in [-0.39, 0.29) is 11.5 Å². The molecule has 2 N–H and O–H groups in total. The van der Waals surface area contributed by atoms with E-state index in [1.165, 1.54) is 10.7 Å². The summed E-state index contributed by atoms with van der Waals surface area (Å²) in [5.41, 5.74) is 5.68. The van der Waals surface area contributed by atoms with Crippen molar-refractivity contribution in [2.45, 2.75) is 6.18 Å². The van der Waals surface area contributed by atoms with Gasteiger partial charge in [0, 0.05) is 14.1 Å². The molecule has 0 fully saturated rings. The summed E-state index contributed by atoms with van der Waals surface area (Å²) in [4.78, 5) is 3.91.